The van der Waals surface area contributed by atoms with Crippen LogP contribution in [0.5, 0.6) is 0 Å². The Balaban J connectivity index is 1.66. The Bertz CT molecular complexity index is 1330. The van der Waals surface area contributed by atoms with Gasteiger partial charge < -0.3 is 10.6 Å². The molecule has 4 aromatic rings. The molecule has 3 aromatic carbocycles. The summed E-state index contributed by atoms with van der Waals surface area (Å²) < 4.78 is 28.5. The summed E-state index contributed by atoms with van der Waals surface area (Å²) in [5, 5.41) is 9.86. The number of hydrogen-bond donors (Lipinski definition) is 2. The van der Waals surface area contributed by atoms with E-state index in [0.29, 0.717) is 17.6 Å². The Morgan fingerprint density at radius 1 is 0.909 bits per heavy atom. The molecule has 33 heavy (non-hydrogen) atoms. The van der Waals surface area contributed by atoms with Crippen molar-refractivity contribution in [3.8, 4) is 16.8 Å². The monoisotopic (exact) mass is 446 g/mol. The molecule has 166 valence electrons. The third-order valence-electron chi connectivity index (χ3n) is 4.97. The number of aryl methyl sites for hydroxylation is 1. The van der Waals surface area contributed by atoms with Crippen LogP contribution in [0.3, 0.4) is 0 Å². The van der Waals surface area contributed by atoms with Crippen molar-refractivity contribution < 1.29 is 18.4 Å². The maximum Gasteiger partial charge on any atom is 0.255 e. The van der Waals surface area contributed by atoms with Crippen molar-refractivity contribution in [3.63, 3.8) is 0 Å². The lowest BCUT2D eigenvalue weighted by Gasteiger charge is -2.11. The number of nitrogens with one attached hydrogen (secondary N) is 2. The largest absolute Gasteiger partial charge is 0.319 e. The lowest BCUT2D eigenvalue weighted by atomic mass is 10.1. The molecule has 1 heterocycles. The maximum atomic E-state index is 13.8. The number of aromatic nitrogens is 2. The number of halogens is 2. The molecule has 4 rings (SSSR count). The van der Waals surface area contributed by atoms with E-state index in [2.05, 4.69) is 15.7 Å². The first-order valence-electron chi connectivity index (χ1n) is 10.1. The zero-order chi connectivity index (χ0) is 23.5. The predicted molar refractivity (Wildman–Crippen MR) is 122 cm³/mol. The SMILES string of the molecule is CC(=O)Nc1c(-c2ccccc2)c(C)nn1-c1ccc(C(=O)Nc2ccc(F)cc2F)cc1. The molecular weight excluding hydrogens is 426 g/mol. The Labute approximate surface area is 188 Å². The molecule has 0 aliphatic carbocycles. The lowest BCUT2D eigenvalue weighted by molar-refractivity contribution is -0.114. The maximum absolute atomic E-state index is 13.8. The molecule has 0 bridgehead atoms. The summed E-state index contributed by atoms with van der Waals surface area (Å²) >= 11 is 0. The average Bonchev–Trinajstić information content (AvgIpc) is 3.11. The van der Waals surface area contributed by atoms with Crippen LogP contribution in [0, 0.1) is 18.6 Å². The molecular formula is C25H20F2N4O2. The van der Waals surface area contributed by atoms with Gasteiger partial charge in [0.1, 0.15) is 17.5 Å². The number of carbonyl (C=O) groups is 2. The van der Waals surface area contributed by atoms with Gasteiger partial charge in [0.05, 0.1) is 17.1 Å². The molecule has 0 spiro atoms. The van der Waals surface area contributed by atoms with Gasteiger partial charge in [-0.1, -0.05) is 30.3 Å². The summed E-state index contributed by atoms with van der Waals surface area (Å²) in [4.78, 5) is 24.4. The molecule has 0 atom stereocenters. The highest BCUT2D eigenvalue weighted by molar-refractivity contribution is 6.04. The van der Waals surface area contributed by atoms with E-state index in [-0.39, 0.29) is 17.2 Å². The van der Waals surface area contributed by atoms with Gasteiger partial charge >= 0.3 is 0 Å². The van der Waals surface area contributed by atoms with Crippen molar-refractivity contribution in [2.24, 2.45) is 0 Å². The van der Waals surface area contributed by atoms with Crippen LogP contribution in [0.1, 0.15) is 23.0 Å². The fourth-order valence-electron chi connectivity index (χ4n) is 3.49. The van der Waals surface area contributed by atoms with Crippen LogP contribution in [0.15, 0.2) is 72.8 Å². The van der Waals surface area contributed by atoms with Gasteiger partial charge in [0.25, 0.3) is 5.91 Å². The van der Waals surface area contributed by atoms with Crippen molar-refractivity contribution in [2.45, 2.75) is 13.8 Å². The first kappa shape index (κ1) is 21.9. The molecule has 2 amide bonds. The van der Waals surface area contributed by atoms with Crippen molar-refractivity contribution >= 4 is 23.3 Å². The Morgan fingerprint density at radius 3 is 2.24 bits per heavy atom. The van der Waals surface area contributed by atoms with Crippen LogP contribution in [0.4, 0.5) is 20.3 Å². The number of benzene rings is 3. The highest BCUT2D eigenvalue weighted by atomic mass is 19.1. The zero-order valence-electron chi connectivity index (χ0n) is 17.9. The molecule has 0 unspecified atom stereocenters. The van der Waals surface area contributed by atoms with Crippen molar-refractivity contribution in [3.05, 3.63) is 95.7 Å². The van der Waals surface area contributed by atoms with Gasteiger partial charge in [0, 0.05) is 24.1 Å². The number of carbonyl (C=O) groups excluding carboxylic acids is 2. The minimum Gasteiger partial charge on any atom is -0.319 e. The Hall–Kier alpha value is -4.33. The number of hydrogen-bond acceptors (Lipinski definition) is 3. The van der Waals surface area contributed by atoms with E-state index in [1.54, 1.807) is 28.9 Å². The first-order chi connectivity index (χ1) is 15.8. The smallest absolute Gasteiger partial charge is 0.255 e. The van der Waals surface area contributed by atoms with E-state index in [9.17, 15) is 18.4 Å². The highest BCUT2D eigenvalue weighted by Gasteiger charge is 2.19. The van der Waals surface area contributed by atoms with Crippen LogP contribution in [0.2, 0.25) is 0 Å². The molecule has 0 saturated heterocycles. The second-order valence-corrected chi connectivity index (χ2v) is 7.39. The average molecular weight is 446 g/mol. The number of rotatable bonds is 5. The van der Waals surface area contributed by atoms with E-state index in [1.807, 2.05) is 37.3 Å². The van der Waals surface area contributed by atoms with Crippen LogP contribution >= 0.6 is 0 Å². The van der Waals surface area contributed by atoms with Gasteiger partial charge in [-0.3, -0.25) is 9.59 Å². The van der Waals surface area contributed by atoms with E-state index in [4.69, 9.17) is 0 Å². The fraction of sp³-hybridized carbons (Fsp3) is 0.0800. The van der Waals surface area contributed by atoms with Crippen molar-refractivity contribution in [1.29, 1.82) is 0 Å². The minimum atomic E-state index is -0.861. The summed E-state index contributed by atoms with van der Waals surface area (Å²) in [7, 11) is 0. The van der Waals surface area contributed by atoms with Crippen molar-refractivity contribution in [2.75, 3.05) is 10.6 Å². The molecule has 2 N–H and O–H groups in total. The molecule has 1 aromatic heterocycles. The Kier molecular flexibility index (Phi) is 5.99. The summed E-state index contributed by atoms with van der Waals surface area (Å²) in [6, 6.07) is 19.0. The highest BCUT2D eigenvalue weighted by Crippen LogP contribution is 2.33. The second-order valence-electron chi connectivity index (χ2n) is 7.39. The van der Waals surface area contributed by atoms with Gasteiger partial charge in [0.2, 0.25) is 5.91 Å². The first-order valence-corrected chi connectivity index (χ1v) is 10.1. The normalized spacial score (nSPS) is 10.7. The summed E-state index contributed by atoms with van der Waals surface area (Å²) in [5.74, 6) is -1.87. The molecule has 0 aliphatic heterocycles. The van der Waals surface area contributed by atoms with Gasteiger partial charge in [0.15, 0.2) is 0 Å². The third-order valence-corrected chi connectivity index (χ3v) is 4.97. The van der Waals surface area contributed by atoms with Crippen molar-refractivity contribution in [1.82, 2.24) is 9.78 Å². The molecule has 8 heteroatoms. The second kappa shape index (κ2) is 9.04. The number of amides is 2. The number of anilines is 2. The van der Waals surface area contributed by atoms with Crippen LogP contribution in [0.25, 0.3) is 16.8 Å². The summed E-state index contributed by atoms with van der Waals surface area (Å²) in [6.07, 6.45) is 0. The van der Waals surface area contributed by atoms with E-state index in [1.165, 1.54) is 6.92 Å². The van der Waals surface area contributed by atoms with Gasteiger partial charge in [-0.2, -0.15) is 5.10 Å². The topological polar surface area (TPSA) is 76.0 Å². The molecule has 0 fully saturated rings. The molecule has 0 saturated carbocycles. The third kappa shape index (κ3) is 4.64. The molecule has 0 radical (unpaired) electrons. The van der Waals surface area contributed by atoms with Crippen LogP contribution in [-0.4, -0.2) is 21.6 Å². The van der Waals surface area contributed by atoms with E-state index < -0.39 is 17.5 Å². The zero-order valence-corrected chi connectivity index (χ0v) is 17.9. The standard InChI is InChI=1S/C25H20F2N4O2/c1-15-23(17-6-4-3-5-7-17)24(28-16(2)32)31(30-15)20-11-8-18(9-12-20)25(33)29-22-13-10-19(26)14-21(22)27/h3-14H,1-2H3,(H,28,32)(H,29,33). The fourth-order valence-corrected chi connectivity index (χ4v) is 3.49. The van der Waals surface area contributed by atoms with E-state index >= 15 is 0 Å². The number of nitrogens with zero attached hydrogens (tertiary/aromatic N) is 2. The predicted octanol–water partition coefficient (Wildman–Crippen LogP) is 5.34. The minimum absolute atomic E-state index is 0.117. The van der Waals surface area contributed by atoms with Gasteiger partial charge in [-0.05, 0) is 48.9 Å². The summed E-state index contributed by atoms with van der Waals surface area (Å²) in [6.45, 7) is 3.27. The van der Waals surface area contributed by atoms with Gasteiger partial charge in [-0.15, -0.1) is 0 Å². The summed E-state index contributed by atoms with van der Waals surface area (Å²) in [5.41, 5.74) is 3.19. The van der Waals surface area contributed by atoms with Gasteiger partial charge in [-0.25, -0.2) is 13.5 Å². The Morgan fingerprint density at radius 2 is 1.61 bits per heavy atom. The quantitative estimate of drug-likeness (QED) is 0.435. The molecule has 0 aliphatic rings. The van der Waals surface area contributed by atoms with Crippen LogP contribution in [-0.2, 0) is 4.79 Å². The lowest BCUT2D eigenvalue weighted by Crippen LogP contribution is -2.14. The van der Waals surface area contributed by atoms with Crippen LogP contribution < -0.4 is 10.6 Å². The molecule has 6 nitrogen and oxygen atoms in total. The van der Waals surface area contributed by atoms with E-state index in [0.717, 1.165) is 29.0 Å².